The van der Waals surface area contributed by atoms with Crippen molar-refractivity contribution >= 4 is 23.3 Å². The van der Waals surface area contributed by atoms with Gasteiger partial charge in [-0.2, -0.15) is 0 Å². The van der Waals surface area contributed by atoms with Crippen molar-refractivity contribution in [2.45, 2.75) is 39.2 Å². The van der Waals surface area contributed by atoms with E-state index in [0.717, 1.165) is 28.1 Å². The molecule has 0 spiro atoms. The van der Waals surface area contributed by atoms with E-state index in [1.165, 1.54) is 25.7 Å². The summed E-state index contributed by atoms with van der Waals surface area (Å²) in [5.41, 5.74) is 2.63. The number of hydrogen-bond donors (Lipinski definition) is 1. The van der Waals surface area contributed by atoms with Gasteiger partial charge in [0.25, 0.3) is 0 Å². The highest BCUT2D eigenvalue weighted by Crippen LogP contribution is 2.39. The molecule has 0 radical (unpaired) electrons. The molecule has 19 heavy (non-hydrogen) atoms. The van der Waals surface area contributed by atoms with E-state index in [0.29, 0.717) is 5.41 Å². The minimum atomic E-state index is 0.385. The molecule has 3 rings (SSSR count). The first-order valence-electron chi connectivity index (χ1n) is 6.88. The number of ether oxygens (including phenoxy) is 1. The van der Waals surface area contributed by atoms with Crippen LogP contribution in [0.5, 0.6) is 5.75 Å². The first-order chi connectivity index (χ1) is 9.11. The van der Waals surface area contributed by atoms with Crippen molar-refractivity contribution in [3.05, 3.63) is 23.0 Å². The van der Waals surface area contributed by atoms with E-state index < -0.39 is 0 Å². The van der Waals surface area contributed by atoms with Gasteiger partial charge in [0.15, 0.2) is 4.77 Å². The second-order valence-corrected chi connectivity index (χ2v) is 6.30. The summed E-state index contributed by atoms with van der Waals surface area (Å²) in [6, 6.07) is 6.08. The van der Waals surface area contributed by atoms with Gasteiger partial charge in [-0.3, -0.25) is 0 Å². The van der Waals surface area contributed by atoms with E-state index in [1.807, 2.05) is 12.1 Å². The molecular formula is C15H20N2OS. The van der Waals surface area contributed by atoms with Crippen LogP contribution in [-0.2, 0) is 6.54 Å². The molecule has 102 valence electrons. The van der Waals surface area contributed by atoms with Crippen molar-refractivity contribution in [3.8, 4) is 5.75 Å². The molecule has 1 aliphatic carbocycles. The first kappa shape index (κ1) is 12.7. The zero-order valence-corrected chi connectivity index (χ0v) is 12.3. The summed E-state index contributed by atoms with van der Waals surface area (Å²) in [6.07, 6.45) is 5.28. The van der Waals surface area contributed by atoms with Crippen LogP contribution in [0.25, 0.3) is 11.0 Å². The maximum atomic E-state index is 5.48. The van der Waals surface area contributed by atoms with Crippen molar-refractivity contribution in [1.82, 2.24) is 9.55 Å². The minimum absolute atomic E-state index is 0.385. The third-order valence-corrected chi connectivity index (χ3v) is 4.66. The van der Waals surface area contributed by atoms with E-state index in [2.05, 4.69) is 22.5 Å². The molecule has 3 nitrogen and oxygen atoms in total. The number of H-pyrrole nitrogens is 1. The van der Waals surface area contributed by atoms with Crippen LogP contribution >= 0.6 is 12.2 Å². The molecule has 1 N–H and O–H groups in total. The second kappa shape index (κ2) is 4.67. The van der Waals surface area contributed by atoms with Gasteiger partial charge >= 0.3 is 0 Å². The van der Waals surface area contributed by atoms with E-state index >= 15 is 0 Å². The van der Waals surface area contributed by atoms with Gasteiger partial charge in [0, 0.05) is 12.6 Å². The molecule has 2 aromatic rings. The van der Waals surface area contributed by atoms with Crippen molar-refractivity contribution < 1.29 is 4.74 Å². The molecule has 1 aliphatic rings. The maximum Gasteiger partial charge on any atom is 0.178 e. The predicted molar refractivity (Wildman–Crippen MR) is 80.2 cm³/mol. The van der Waals surface area contributed by atoms with Gasteiger partial charge < -0.3 is 14.3 Å². The predicted octanol–water partition coefficient (Wildman–Crippen LogP) is 4.29. The molecule has 1 saturated carbocycles. The van der Waals surface area contributed by atoms with Gasteiger partial charge in [0.05, 0.1) is 18.1 Å². The van der Waals surface area contributed by atoms with E-state index in [1.54, 1.807) is 7.11 Å². The Hall–Kier alpha value is -1.29. The SMILES string of the molecule is COc1ccc2[nH]c(=S)n(CC3(C)CCCC3)c2c1. The zero-order valence-electron chi connectivity index (χ0n) is 11.5. The Morgan fingerprint density at radius 2 is 2.11 bits per heavy atom. The van der Waals surface area contributed by atoms with Gasteiger partial charge in [-0.15, -0.1) is 0 Å². The minimum Gasteiger partial charge on any atom is -0.497 e. The smallest absolute Gasteiger partial charge is 0.178 e. The van der Waals surface area contributed by atoms with E-state index in [4.69, 9.17) is 17.0 Å². The molecule has 1 aromatic heterocycles. The van der Waals surface area contributed by atoms with Crippen LogP contribution in [-0.4, -0.2) is 16.7 Å². The van der Waals surface area contributed by atoms with E-state index in [-0.39, 0.29) is 0 Å². The topological polar surface area (TPSA) is 29.9 Å². The third-order valence-electron chi connectivity index (χ3n) is 4.33. The highest BCUT2D eigenvalue weighted by molar-refractivity contribution is 7.71. The van der Waals surface area contributed by atoms with E-state index in [9.17, 15) is 0 Å². The second-order valence-electron chi connectivity index (χ2n) is 5.92. The Morgan fingerprint density at radius 1 is 1.37 bits per heavy atom. The summed E-state index contributed by atoms with van der Waals surface area (Å²) >= 11 is 5.48. The fraction of sp³-hybridized carbons (Fsp3) is 0.533. The molecule has 0 aliphatic heterocycles. The van der Waals surface area contributed by atoms with Crippen LogP contribution in [0.1, 0.15) is 32.6 Å². The first-order valence-corrected chi connectivity index (χ1v) is 7.29. The van der Waals surface area contributed by atoms with Gasteiger partial charge in [0.1, 0.15) is 5.75 Å². The molecule has 0 atom stereocenters. The molecule has 1 aromatic carbocycles. The molecule has 0 saturated heterocycles. The lowest BCUT2D eigenvalue weighted by atomic mass is 9.89. The lowest BCUT2D eigenvalue weighted by Gasteiger charge is -2.24. The largest absolute Gasteiger partial charge is 0.497 e. The number of nitrogens with one attached hydrogen (secondary N) is 1. The summed E-state index contributed by atoms with van der Waals surface area (Å²) < 4.78 is 8.37. The molecular weight excluding hydrogens is 256 g/mol. The number of aromatic amines is 1. The number of methoxy groups -OCH3 is 1. The Bertz CT molecular complexity index is 650. The van der Waals surface area contributed by atoms with Crippen LogP contribution in [0.15, 0.2) is 18.2 Å². The van der Waals surface area contributed by atoms with Gasteiger partial charge in [-0.1, -0.05) is 19.8 Å². The Balaban J connectivity index is 2.06. The quantitative estimate of drug-likeness (QED) is 0.848. The van der Waals surface area contributed by atoms with Gasteiger partial charge in [0.2, 0.25) is 0 Å². The van der Waals surface area contributed by atoms with Gasteiger partial charge in [-0.05, 0) is 42.6 Å². The van der Waals surface area contributed by atoms with Crippen molar-refractivity contribution in [2.75, 3.05) is 7.11 Å². The average Bonchev–Trinajstić information content (AvgIpc) is 2.95. The zero-order chi connectivity index (χ0) is 13.5. The van der Waals surface area contributed by atoms with Gasteiger partial charge in [-0.25, -0.2) is 0 Å². The number of rotatable bonds is 3. The van der Waals surface area contributed by atoms with Crippen LogP contribution in [0.2, 0.25) is 0 Å². The fourth-order valence-corrected chi connectivity index (χ4v) is 3.46. The number of benzene rings is 1. The lowest BCUT2D eigenvalue weighted by molar-refractivity contribution is 0.284. The van der Waals surface area contributed by atoms with Crippen molar-refractivity contribution in [1.29, 1.82) is 0 Å². The number of hydrogen-bond acceptors (Lipinski definition) is 2. The molecule has 4 heteroatoms. The maximum absolute atomic E-state index is 5.48. The number of imidazole rings is 1. The van der Waals surface area contributed by atoms with Crippen LogP contribution in [0.3, 0.4) is 0 Å². The Labute approximate surface area is 118 Å². The Morgan fingerprint density at radius 3 is 2.79 bits per heavy atom. The Kier molecular flexibility index (Phi) is 3.13. The normalized spacial score (nSPS) is 18.0. The third kappa shape index (κ3) is 2.29. The highest BCUT2D eigenvalue weighted by Gasteiger charge is 2.29. The summed E-state index contributed by atoms with van der Waals surface area (Å²) in [4.78, 5) is 3.29. The average molecular weight is 276 g/mol. The fourth-order valence-electron chi connectivity index (χ4n) is 3.18. The molecule has 1 heterocycles. The highest BCUT2D eigenvalue weighted by atomic mass is 32.1. The standard InChI is InChI=1S/C15H20N2OS/c1-15(7-3-4-8-15)10-17-13-9-11(18-2)5-6-12(13)16-14(17)19/h5-6,9H,3-4,7-8,10H2,1-2H3,(H,16,19). The molecule has 1 fully saturated rings. The monoisotopic (exact) mass is 276 g/mol. The number of fused-ring (bicyclic) bond motifs is 1. The molecule has 0 unspecified atom stereocenters. The number of aromatic nitrogens is 2. The summed E-state index contributed by atoms with van der Waals surface area (Å²) in [6.45, 7) is 3.37. The molecule has 0 amide bonds. The van der Waals surface area contributed by atoms with Crippen molar-refractivity contribution in [2.24, 2.45) is 5.41 Å². The molecule has 0 bridgehead atoms. The lowest BCUT2D eigenvalue weighted by Crippen LogP contribution is -2.19. The van der Waals surface area contributed by atoms with Crippen molar-refractivity contribution in [3.63, 3.8) is 0 Å². The van der Waals surface area contributed by atoms with Crippen LogP contribution in [0.4, 0.5) is 0 Å². The van der Waals surface area contributed by atoms with Crippen LogP contribution < -0.4 is 4.74 Å². The van der Waals surface area contributed by atoms with Crippen LogP contribution in [0, 0.1) is 10.2 Å². The number of nitrogens with zero attached hydrogens (tertiary/aromatic N) is 1. The summed E-state index contributed by atoms with van der Waals surface area (Å²) in [5, 5.41) is 0. The summed E-state index contributed by atoms with van der Waals surface area (Å²) in [5.74, 6) is 0.881. The summed E-state index contributed by atoms with van der Waals surface area (Å²) in [7, 11) is 1.70.